The smallest absolute Gasteiger partial charge is 0.239 e. The van der Waals surface area contributed by atoms with Crippen molar-refractivity contribution in [2.75, 3.05) is 13.1 Å². The average Bonchev–Trinajstić information content (AvgIpc) is 2.88. The van der Waals surface area contributed by atoms with Gasteiger partial charge in [-0.25, -0.2) is 0 Å². The van der Waals surface area contributed by atoms with Gasteiger partial charge in [0.25, 0.3) is 0 Å². The molecule has 2 unspecified atom stereocenters. The molecule has 0 bridgehead atoms. The van der Waals surface area contributed by atoms with E-state index in [0.717, 1.165) is 43.1 Å². The molecule has 1 N–H and O–H groups in total. The molecule has 1 aliphatic carbocycles. The van der Waals surface area contributed by atoms with Crippen LogP contribution in [0.1, 0.15) is 55.5 Å². The van der Waals surface area contributed by atoms with Crippen LogP contribution in [-0.4, -0.2) is 29.9 Å². The third kappa shape index (κ3) is 3.43. The number of fused-ring (bicyclic) bond motifs is 1. The highest BCUT2D eigenvalue weighted by molar-refractivity contribution is 7.16. The van der Waals surface area contributed by atoms with Crippen LogP contribution < -0.4 is 5.32 Å². The van der Waals surface area contributed by atoms with Gasteiger partial charge in [-0.15, -0.1) is 11.3 Å². The molecule has 1 amide bonds. The number of likely N-dealkylation sites (tertiary alicyclic amines) is 1. The Bertz CT molecular complexity index is 510. The first-order valence-electron chi connectivity index (χ1n) is 7.98. The van der Waals surface area contributed by atoms with Crippen molar-refractivity contribution in [2.45, 2.75) is 57.5 Å². The van der Waals surface area contributed by atoms with Crippen molar-refractivity contribution >= 4 is 28.8 Å². The summed E-state index contributed by atoms with van der Waals surface area (Å²) in [6.45, 7) is 3.84. The zero-order valence-corrected chi connectivity index (χ0v) is 14.1. The van der Waals surface area contributed by atoms with Gasteiger partial charge in [-0.05, 0) is 57.1 Å². The van der Waals surface area contributed by atoms with E-state index in [2.05, 4.69) is 11.4 Å². The van der Waals surface area contributed by atoms with Crippen LogP contribution in [0, 0.1) is 0 Å². The summed E-state index contributed by atoms with van der Waals surface area (Å²) in [5.41, 5.74) is 1.31. The average molecular weight is 327 g/mol. The van der Waals surface area contributed by atoms with Gasteiger partial charge in [-0.3, -0.25) is 10.1 Å². The number of rotatable bonds is 3. The van der Waals surface area contributed by atoms with E-state index in [0.29, 0.717) is 0 Å². The lowest BCUT2D eigenvalue weighted by atomic mass is 9.93. The minimum atomic E-state index is -0.113. The predicted molar refractivity (Wildman–Crippen MR) is 88.0 cm³/mol. The lowest BCUT2D eigenvalue weighted by Crippen LogP contribution is -2.48. The molecule has 21 heavy (non-hydrogen) atoms. The van der Waals surface area contributed by atoms with Gasteiger partial charge in [0, 0.05) is 24.0 Å². The fourth-order valence-electron chi connectivity index (χ4n) is 3.46. The van der Waals surface area contributed by atoms with Crippen molar-refractivity contribution in [1.29, 1.82) is 0 Å². The van der Waals surface area contributed by atoms with E-state index in [-0.39, 0.29) is 18.0 Å². The Labute approximate surface area is 135 Å². The molecule has 0 radical (unpaired) electrons. The van der Waals surface area contributed by atoms with Crippen LogP contribution in [0.2, 0.25) is 4.34 Å². The molecule has 2 aliphatic rings. The van der Waals surface area contributed by atoms with Gasteiger partial charge < -0.3 is 4.90 Å². The number of halogens is 1. The Balaban J connectivity index is 1.64. The topological polar surface area (TPSA) is 32.3 Å². The molecule has 3 nitrogen and oxygen atoms in total. The number of piperidine rings is 1. The highest BCUT2D eigenvalue weighted by atomic mass is 35.5. The van der Waals surface area contributed by atoms with Gasteiger partial charge in [0.05, 0.1) is 10.4 Å². The maximum atomic E-state index is 12.5. The highest BCUT2D eigenvalue weighted by Gasteiger charge is 2.28. The van der Waals surface area contributed by atoms with E-state index >= 15 is 0 Å². The summed E-state index contributed by atoms with van der Waals surface area (Å²) in [4.78, 5) is 15.9. The second-order valence-corrected chi connectivity index (χ2v) is 7.92. The molecule has 1 saturated heterocycles. The van der Waals surface area contributed by atoms with Gasteiger partial charge in [0.15, 0.2) is 0 Å². The first-order valence-corrected chi connectivity index (χ1v) is 9.17. The molecule has 2 heterocycles. The Morgan fingerprint density at radius 1 is 1.38 bits per heavy atom. The second kappa shape index (κ2) is 6.67. The second-order valence-electron chi connectivity index (χ2n) is 6.15. The fourth-order valence-corrected chi connectivity index (χ4v) is 4.84. The number of hydrogen-bond acceptors (Lipinski definition) is 3. The predicted octanol–water partition coefficient (Wildman–Crippen LogP) is 3.77. The highest BCUT2D eigenvalue weighted by Crippen LogP contribution is 2.38. The number of nitrogens with one attached hydrogen (secondary N) is 1. The molecule has 1 aromatic heterocycles. The van der Waals surface area contributed by atoms with Crippen molar-refractivity contribution in [1.82, 2.24) is 10.2 Å². The van der Waals surface area contributed by atoms with Crippen LogP contribution in [-0.2, 0) is 11.2 Å². The quantitative estimate of drug-likeness (QED) is 0.917. The van der Waals surface area contributed by atoms with E-state index in [1.165, 1.54) is 23.3 Å². The largest absolute Gasteiger partial charge is 0.341 e. The third-order valence-electron chi connectivity index (χ3n) is 4.57. The monoisotopic (exact) mass is 326 g/mol. The van der Waals surface area contributed by atoms with Crippen LogP contribution in [0.5, 0.6) is 0 Å². The number of carbonyl (C=O) groups is 1. The van der Waals surface area contributed by atoms with Gasteiger partial charge in [-0.2, -0.15) is 0 Å². The molecule has 1 aliphatic heterocycles. The lowest BCUT2D eigenvalue weighted by molar-refractivity contribution is -0.134. The summed E-state index contributed by atoms with van der Waals surface area (Å²) in [5.74, 6) is 0.253. The molecule has 0 aromatic carbocycles. The fraction of sp³-hybridized carbons (Fsp3) is 0.688. The maximum Gasteiger partial charge on any atom is 0.239 e. The molecular weight excluding hydrogens is 304 g/mol. The van der Waals surface area contributed by atoms with Crippen LogP contribution in [0.4, 0.5) is 0 Å². The first kappa shape index (κ1) is 15.3. The van der Waals surface area contributed by atoms with E-state index in [1.807, 2.05) is 11.8 Å². The zero-order chi connectivity index (χ0) is 14.8. The molecule has 0 spiro atoms. The summed E-state index contributed by atoms with van der Waals surface area (Å²) in [6.07, 6.45) is 6.94. The van der Waals surface area contributed by atoms with Crippen LogP contribution in [0.25, 0.3) is 0 Å². The van der Waals surface area contributed by atoms with Crippen molar-refractivity contribution in [3.63, 3.8) is 0 Å². The Morgan fingerprint density at radius 3 is 2.90 bits per heavy atom. The molecule has 1 fully saturated rings. The van der Waals surface area contributed by atoms with Crippen LogP contribution in [0.15, 0.2) is 6.07 Å². The number of thiophene rings is 1. The van der Waals surface area contributed by atoms with Gasteiger partial charge in [0.1, 0.15) is 0 Å². The summed E-state index contributed by atoms with van der Waals surface area (Å²) in [6, 6.07) is 2.25. The SMILES string of the molecule is CC(NC1CCCc2sc(Cl)cc21)C(=O)N1CCCCC1. The van der Waals surface area contributed by atoms with Crippen molar-refractivity contribution in [3.05, 3.63) is 20.8 Å². The number of hydrogen-bond donors (Lipinski definition) is 1. The Morgan fingerprint density at radius 2 is 2.14 bits per heavy atom. The van der Waals surface area contributed by atoms with Crippen LogP contribution in [0.3, 0.4) is 0 Å². The lowest BCUT2D eigenvalue weighted by Gasteiger charge is -2.32. The van der Waals surface area contributed by atoms with Crippen molar-refractivity contribution in [2.24, 2.45) is 0 Å². The zero-order valence-electron chi connectivity index (χ0n) is 12.5. The number of carbonyl (C=O) groups excluding carboxylic acids is 1. The third-order valence-corrected chi connectivity index (χ3v) is 5.91. The summed E-state index contributed by atoms with van der Waals surface area (Å²) < 4.78 is 0.865. The number of nitrogens with zero attached hydrogens (tertiary/aromatic N) is 1. The Hall–Kier alpha value is -0.580. The van der Waals surface area contributed by atoms with Crippen molar-refractivity contribution < 1.29 is 4.79 Å². The van der Waals surface area contributed by atoms with Crippen molar-refractivity contribution in [3.8, 4) is 0 Å². The van der Waals surface area contributed by atoms with E-state index < -0.39 is 0 Å². The maximum absolute atomic E-state index is 12.5. The van der Waals surface area contributed by atoms with Gasteiger partial charge in [-0.1, -0.05) is 11.6 Å². The molecule has 2 atom stereocenters. The van der Waals surface area contributed by atoms with Gasteiger partial charge in [0.2, 0.25) is 5.91 Å². The minimum absolute atomic E-state index is 0.113. The first-order chi connectivity index (χ1) is 10.1. The summed E-state index contributed by atoms with van der Waals surface area (Å²) in [5, 5.41) is 3.54. The summed E-state index contributed by atoms with van der Waals surface area (Å²) >= 11 is 7.84. The molecule has 3 rings (SSSR count). The van der Waals surface area contributed by atoms with E-state index in [9.17, 15) is 4.79 Å². The number of aryl methyl sites for hydroxylation is 1. The van der Waals surface area contributed by atoms with Gasteiger partial charge >= 0.3 is 0 Å². The van der Waals surface area contributed by atoms with E-state index in [4.69, 9.17) is 11.6 Å². The van der Waals surface area contributed by atoms with Crippen LogP contribution >= 0.6 is 22.9 Å². The molecule has 116 valence electrons. The standard InChI is InChI=1S/C16H23ClN2OS/c1-11(16(20)19-8-3-2-4-9-19)18-13-6-5-7-14-12(13)10-15(17)21-14/h10-11,13,18H,2-9H2,1H3. The summed E-state index contributed by atoms with van der Waals surface area (Å²) in [7, 11) is 0. The molecule has 0 saturated carbocycles. The van der Waals surface area contributed by atoms with E-state index in [1.54, 1.807) is 11.3 Å². The molecule has 1 aromatic rings. The number of amides is 1. The molecular formula is C16H23ClN2OS. The molecule has 5 heteroatoms. The minimum Gasteiger partial charge on any atom is -0.341 e. The normalized spacial score (nSPS) is 23.7. The Kier molecular flexibility index (Phi) is 4.87.